The number of carbonyl (C=O) groups excluding carboxylic acids is 1. The summed E-state index contributed by atoms with van der Waals surface area (Å²) >= 11 is 0. The van der Waals surface area contributed by atoms with Crippen molar-refractivity contribution in [1.82, 2.24) is 5.01 Å². The van der Waals surface area contributed by atoms with E-state index in [2.05, 4.69) is 6.92 Å². The standard InChI is InChI=1S/C7H16N2O/c1-3-4-5-6-7(10)9(2)8/h3-6,8H2,1-2H3. The van der Waals surface area contributed by atoms with Gasteiger partial charge in [-0.15, -0.1) is 0 Å². The lowest BCUT2D eigenvalue weighted by Crippen LogP contribution is -2.32. The number of hydrogen-bond donors (Lipinski definition) is 1. The Bertz CT molecular complexity index is 102. The summed E-state index contributed by atoms with van der Waals surface area (Å²) in [6.45, 7) is 2.11. The molecule has 10 heavy (non-hydrogen) atoms. The Kier molecular flexibility index (Phi) is 4.94. The van der Waals surface area contributed by atoms with Crippen molar-refractivity contribution in [2.75, 3.05) is 7.05 Å². The molecule has 0 radical (unpaired) electrons. The molecule has 0 rings (SSSR count). The van der Waals surface area contributed by atoms with E-state index in [0.717, 1.165) is 24.3 Å². The zero-order chi connectivity index (χ0) is 7.98. The summed E-state index contributed by atoms with van der Waals surface area (Å²) in [5, 5.41) is 1.15. The van der Waals surface area contributed by atoms with Gasteiger partial charge in [0.05, 0.1) is 0 Å². The molecule has 60 valence electrons. The van der Waals surface area contributed by atoms with Gasteiger partial charge in [0.15, 0.2) is 0 Å². The van der Waals surface area contributed by atoms with Crippen LogP contribution in [0.4, 0.5) is 0 Å². The largest absolute Gasteiger partial charge is 0.284 e. The highest BCUT2D eigenvalue weighted by atomic mass is 16.2. The lowest BCUT2D eigenvalue weighted by Gasteiger charge is -2.08. The molecule has 3 heteroatoms. The van der Waals surface area contributed by atoms with Gasteiger partial charge >= 0.3 is 0 Å². The van der Waals surface area contributed by atoms with Crippen LogP contribution in [0.15, 0.2) is 0 Å². The van der Waals surface area contributed by atoms with Crippen LogP contribution < -0.4 is 5.84 Å². The van der Waals surface area contributed by atoms with Crippen molar-refractivity contribution >= 4 is 5.91 Å². The van der Waals surface area contributed by atoms with E-state index >= 15 is 0 Å². The molecule has 3 nitrogen and oxygen atoms in total. The van der Waals surface area contributed by atoms with Gasteiger partial charge in [-0.05, 0) is 6.42 Å². The Morgan fingerprint density at radius 3 is 2.50 bits per heavy atom. The van der Waals surface area contributed by atoms with Crippen molar-refractivity contribution in [2.45, 2.75) is 32.6 Å². The van der Waals surface area contributed by atoms with Crippen molar-refractivity contribution in [3.63, 3.8) is 0 Å². The first kappa shape index (κ1) is 9.43. The van der Waals surface area contributed by atoms with Gasteiger partial charge in [-0.1, -0.05) is 19.8 Å². The molecular weight excluding hydrogens is 128 g/mol. The maximum absolute atomic E-state index is 10.8. The second-order valence-corrected chi connectivity index (χ2v) is 2.46. The van der Waals surface area contributed by atoms with Crippen LogP contribution in [0.3, 0.4) is 0 Å². The van der Waals surface area contributed by atoms with Crippen LogP contribution in [-0.4, -0.2) is 18.0 Å². The molecule has 0 aromatic carbocycles. The molecular formula is C7H16N2O. The molecule has 0 aliphatic rings. The maximum atomic E-state index is 10.8. The maximum Gasteiger partial charge on any atom is 0.236 e. The van der Waals surface area contributed by atoms with Crippen molar-refractivity contribution in [1.29, 1.82) is 0 Å². The second kappa shape index (κ2) is 5.23. The quantitative estimate of drug-likeness (QED) is 0.276. The van der Waals surface area contributed by atoms with Gasteiger partial charge in [0.2, 0.25) is 5.91 Å². The lowest BCUT2D eigenvalue weighted by atomic mass is 10.2. The molecule has 0 fully saturated rings. The fourth-order valence-corrected chi connectivity index (χ4v) is 0.703. The minimum atomic E-state index is 0.0217. The third-order valence-electron chi connectivity index (χ3n) is 1.39. The number of hydrazine groups is 1. The smallest absolute Gasteiger partial charge is 0.236 e. The van der Waals surface area contributed by atoms with Gasteiger partial charge < -0.3 is 0 Å². The number of hydrogen-bond acceptors (Lipinski definition) is 2. The normalized spacial score (nSPS) is 9.50. The molecule has 0 unspecified atom stereocenters. The summed E-state index contributed by atoms with van der Waals surface area (Å²) in [6, 6.07) is 0. The van der Waals surface area contributed by atoms with Gasteiger partial charge in [0.1, 0.15) is 0 Å². The molecule has 0 aliphatic heterocycles. The number of unbranched alkanes of at least 4 members (excludes halogenated alkanes) is 2. The van der Waals surface area contributed by atoms with E-state index in [1.165, 1.54) is 0 Å². The van der Waals surface area contributed by atoms with Crippen molar-refractivity contribution in [3.8, 4) is 0 Å². The Hall–Kier alpha value is -0.570. The highest BCUT2D eigenvalue weighted by Crippen LogP contribution is 1.99. The third-order valence-corrected chi connectivity index (χ3v) is 1.39. The van der Waals surface area contributed by atoms with E-state index < -0.39 is 0 Å². The number of carbonyl (C=O) groups is 1. The number of rotatable bonds is 4. The first-order valence-electron chi connectivity index (χ1n) is 3.69. The zero-order valence-electron chi connectivity index (χ0n) is 6.76. The molecule has 0 atom stereocenters. The van der Waals surface area contributed by atoms with Crippen LogP contribution in [0.1, 0.15) is 32.6 Å². The topological polar surface area (TPSA) is 46.3 Å². The summed E-state index contributed by atoms with van der Waals surface area (Å²) in [5.74, 6) is 5.22. The van der Waals surface area contributed by atoms with Gasteiger partial charge in [-0.3, -0.25) is 9.80 Å². The Labute approximate surface area is 62.2 Å². The van der Waals surface area contributed by atoms with Crippen LogP contribution in [-0.2, 0) is 4.79 Å². The summed E-state index contributed by atoms with van der Waals surface area (Å²) in [4.78, 5) is 10.8. The van der Waals surface area contributed by atoms with Gasteiger partial charge in [0, 0.05) is 13.5 Å². The van der Waals surface area contributed by atoms with Crippen molar-refractivity contribution < 1.29 is 4.79 Å². The van der Waals surface area contributed by atoms with E-state index in [9.17, 15) is 4.79 Å². The molecule has 0 aliphatic carbocycles. The highest BCUT2D eigenvalue weighted by molar-refractivity contribution is 5.75. The third kappa shape index (κ3) is 4.32. The lowest BCUT2D eigenvalue weighted by molar-refractivity contribution is -0.130. The van der Waals surface area contributed by atoms with Crippen molar-refractivity contribution in [2.24, 2.45) is 5.84 Å². The second-order valence-electron chi connectivity index (χ2n) is 2.46. The van der Waals surface area contributed by atoms with Crippen LogP contribution in [0.25, 0.3) is 0 Å². The fourth-order valence-electron chi connectivity index (χ4n) is 0.703. The van der Waals surface area contributed by atoms with Gasteiger partial charge in [-0.2, -0.15) is 0 Å². The minimum Gasteiger partial charge on any atom is -0.284 e. The monoisotopic (exact) mass is 144 g/mol. The summed E-state index contributed by atoms with van der Waals surface area (Å²) in [6.07, 6.45) is 3.79. The van der Waals surface area contributed by atoms with Crippen LogP contribution in [0, 0.1) is 0 Å². The number of amides is 1. The summed E-state index contributed by atoms with van der Waals surface area (Å²) < 4.78 is 0. The predicted molar refractivity (Wildman–Crippen MR) is 41.1 cm³/mol. The zero-order valence-corrected chi connectivity index (χ0v) is 6.76. The van der Waals surface area contributed by atoms with Gasteiger partial charge in [0.25, 0.3) is 0 Å². The molecule has 0 saturated carbocycles. The van der Waals surface area contributed by atoms with Crippen LogP contribution in [0.5, 0.6) is 0 Å². The van der Waals surface area contributed by atoms with E-state index in [1.54, 1.807) is 7.05 Å². The molecule has 0 heterocycles. The van der Waals surface area contributed by atoms with E-state index in [1.807, 2.05) is 0 Å². The first-order valence-corrected chi connectivity index (χ1v) is 3.69. The average molecular weight is 144 g/mol. The predicted octanol–water partition coefficient (Wildman–Crippen LogP) is 0.899. The molecule has 0 aromatic rings. The number of nitrogens with zero attached hydrogens (tertiary/aromatic N) is 1. The molecule has 0 saturated heterocycles. The summed E-state index contributed by atoms with van der Waals surface area (Å²) in [7, 11) is 1.58. The van der Waals surface area contributed by atoms with E-state index in [4.69, 9.17) is 5.84 Å². The van der Waals surface area contributed by atoms with Crippen LogP contribution in [0.2, 0.25) is 0 Å². The molecule has 1 amide bonds. The SMILES string of the molecule is CCCCCC(=O)N(C)N. The van der Waals surface area contributed by atoms with Crippen LogP contribution >= 0.6 is 0 Å². The first-order chi connectivity index (χ1) is 4.68. The van der Waals surface area contributed by atoms with Crippen molar-refractivity contribution in [3.05, 3.63) is 0 Å². The minimum absolute atomic E-state index is 0.0217. The molecule has 0 bridgehead atoms. The Morgan fingerprint density at radius 1 is 1.50 bits per heavy atom. The Morgan fingerprint density at radius 2 is 2.10 bits per heavy atom. The van der Waals surface area contributed by atoms with E-state index in [0.29, 0.717) is 6.42 Å². The highest BCUT2D eigenvalue weighted by Gasteiger charge is 2.01. The molecule has 0 aromatic heterocycles. The average Bonchev–Trinajstić information content (AvgIpc) is 1.88. The van der Waals surface area contributed by atoms with Gasteiger partial charge in [-0.25, -0.2) is 5.84 Å². The fraction of sp³-hybridized carbons (Fsp3) is 0.857. The number of nitrogens with two attached hydrogens (primary N) is 1. The molecule has 2 N–H and O–H groups in total. The summed E-state index contributed by atoms with van der Waals surface area (Å²) in [5.41, 5.74) is 0. The molecule has 0 spiro atoms. The Balaban J connectivity index is 3.22. The van der Waals surface area contributed by atoms with E-state index in [-0.39, 0.29) is 5.91 Å².